The number of sulfonamides is 1. The Morgan fingerprint density at radius 2 is 2.10 bits per heavy atom. The van der Waals surface area contributed by atoms with Gasteiger partial charge in [-0.25, -0.2) is 13.1 Å². The van der Waals surface area contributed by atoms with Crippen molar-refractivity contribution in [1.82, 2.24) is 4.72 Å². The SMILES string of the molecule is CC(C)OCCCNS(=O)(=O)c1ccc(F)c([N+](=O)[O-])c1. The summed E-state index contributed by atoms with van der Waals surface area (Å²) >= 11 is 0. The number of rotatable bonds is 8. The summed E-state index contributed by atoms with van der Waals surface area (Å²) in [5, 5.41) is 10.6. The van der Waals surface area contributed by atoms with E-state index in [1.54, 1.807) is 0 Å². The second kappa shape index (κ2) is 7.43. The third kappa shape index (κ3) is 5.37. The number of halogens is 1. The van der Waals surface area contributed by atoms with Crippen molar-refractivity contribution < 1.29 is 22.5 Å². The predicted molar refractivity (Wildman–Crippen MR) is 73.9 cm³/mol. The van der Waals surface area contributed by atoms with Crippen LogP contribution in [0.4, 0.5) is 10.1 Å². The normalized spacial score (nSPS) is 11.8. The number of nitrogens with zero attached hydrogens (tertiary/aromatic N) is 1. The van der Waals surface area contributed by atoms with E-state index in [0.29, 0.717) is 19.1 Å². The van der Waals surface area contributed by atoms with E-state index in [4.69, 9.17) is 4.74 Å². The van der Waals surface area contributed by atoms with E-state index in [-0.39, 0.29) is 17.5 Å². The summed E-state index contributed by atoms with van der Waals surface area (Å²) in [5.74, 6) is -1.08. The van der Waals surface area contributed by atoms with Crippen LogP contribution in [0.2, 0.25) is 0 Å². The molecule has 7 nitrogen and oxygen atoms in total. The molecule has 0 saturated heterocycles. The molecule has 1 aromatic rings. The summed E-state index contributed by atoms with van der Waals surface area (Å²) in [6.07, 6.45) is 0.516. The molecule has 0 atom stereocenters. The van der Waals surface area contributed by atoms with Gasteiger partial charge >= 0.3 is 5.69 Å². The average Bonchev–Trinajstić information content (AvgIpc) is 2.37. The van der Waals surface area contributed by atoms with Crippen LogP contribution >= 0.6 is 0 Å². The van der Waals surface area contributed by atoms with Crippen LogP contribution in [0.1, 0.15) is 20.3 Å². The number of ether oxygens (including phenoxy) is 1. The van der Waals surface area contributed by atoms with E-state index in [1.807, 2.05) is 13.8 Å². The molecule has 0 aliphatic rings. The van der Waals surface area contributed by atoms with Crippen molar-refractivity contribution in [3.63, 3.8) is 0 Å². The molecule has 0 fully saturated rings. The van der Waals surface area contributed by atoms with Crippen molar-refractivity contribution in [1.29, 1.82) is 0 Å². The first-order chi connectivity index (χ1) is 9.74. The van der Waals surface area contributed by atoms with E-state index < -0.39 is 26.5 Å². The van der Waals surface area contributed by atoms with Gasteiger partial charge in [-0.1, -0.05) is 0 Å². The number of nitrogens with one attached hydrogen (secondary N) is 1. The molecule has 1 aromatic carbocycles. The lowest BCUT2D eigenvalue weighted by Gasteiger charge is -2.09. The molecule has 0 radical (unpaired) electrons. The molecule has 0 bridgehead atoms. The molecule has 0 heterocycles. The first kappa shape index (κ1) is 17.5. The molecule has 1 N–H and O–H groups in total. The molecule has 0 spiro atoms. The fourth-order valence-corrected chi connectivity index (χ4v) is 2.57. The standard InChI is InChI=1S/C12H17FN2O5S/c1-9(2)20-7-3-6-14-21(18,19)10-4-5-11(13)12(8-10)15(16)17/h4-5,8-9,14H,3,6-7H2,1-2H3. The summed E-state index contributed by atoms with van der Waals surface area (Å²) in [6.45, 7) is 4.24. The van der Waals surface area contributed by atoms with Gasteiger partial charge in [0.1, 0.15) is 0 Å². The molecule has 9 heteroatoms. The smallest absolute Gasteiger partial charge is 0.306 e. The van der Waals surface area contributed by atoms with Crippen LogP contribution in [-0.4, -0.2) is 32.6 Å². The summed E-state index contributed by atoms with van der Waals surface area (Å²) < 4.78 is 44.5. The quantitative estimate of drug-likeness (QED) is 0.447. The topological polar surface area (TPSA) is 98.5 Å². The highest BCUT2D eigenvalue weighted by atomic mass is 32.2. The van der Waals surface area contributed by atoms with Crippen molar-refractivity contribution in [3.05, 3.63) is 34.1 Å². The van der Waals surface area contributed by atoms with E-state index in [2.05, 4.69) is 4.72 Å². The lowest BCUT2D eigenvalue weighted by molar-refractivity contribution is -0.387. The summed E-state index contributed by atoms with van der Waals surface area (Å²) in [4.78, 5) is 9.28. The zero-order chi connectivity index (χ0) is 16.0. The molecular weight excluding hydrogens is 303 g/mol. The zero-order valence-electron chi connectivity index (χ0n) is 11.7. The fraction of sp³-hybridized carbons (Fsp3) is 0.500. The van der Waals surface area contributed by atoms with Gasteiger partial charge in [-0.05, 0) is 32.4 Å². The zero-order valence-corrected chi connectivity index (χ0v) is 12.5. The Hall–Kier alpha value is -1.58. The van der Waals surface area contributed by atoms with Gasteiger partial charge in [0.05, 0.1) is 15.9 Å². The fourth-order valence-electron chi connectivity index (χ4n) is 1.48. The van der Waals surface area contributed by atoms with Gasteiger partial charge in [-0.15, -0.1) is 0 Å². The highest BCUT2D eigenvalue weighted by Crippen LogP contribution is 2.21. The number of hydrogen-bond donors (Lipinski definition) is 1. The lowest BCUT2D eigenvalue weighted by Crippen LogP contribution is -2.26. The summed E-state index contributed by atoms with van der Waals surface area (Å²) in [6, 6.07) is 2.44. The summed E-state index contributed by atoms with van der Waals surface area (Å²) in [7, 11) is -3.91. The van der Waals surface area contributed by atoms with E-state index >= 15 is 0 Å². The molecule has 0 saturated carbocycles. The van der Waals surface area contributed by atoms with Gasteiger partial charge in [0.2, 0.25) is 15.8 Å². The van der Waals surface area contributed by atoms with Crippen molar-refractivity contribution in [2.75, 3.05) is 13.2 Å². The number of nitro benzene ring substituents is 1. The minimum atomic E-state index is -3.91. The Labute approximate surface area is 122 Å². The van der Waals surface area contributed by atoms with Gasteiger partial charge in [-0.2, -0.15) is 4.39 Å². The monoisotopic (exact) mass is 320 g/mol. The Morgan fingerprint density at radius 1 is 1.43 bits per heavy atom. The molecule has 118 valence electrons. The molecule has 1 rings (SSSR count). The van der Waals surface area contributed by atoms with Crippen LogP contribution in [0, 0.1) is 15.9 Å². The number of benzene rings is 1. The predicted octanol–water partition coefficient (Wildman–Crippen LogP) is 1.83. The van der Waals surface area contributed by atoms with Gasteiger partial charge in [0.25, 0.3) is 0 Å². The van der Waals surface area contributed by atoms with Crippen molar-refractivity contribution in [2.24, 2.45) is 0 Å². The molecule has 0 amide bonds. The van der Waals surface area contributed by atoms with Crippen molar-refractivity contribution >= 4 is 15.7 Å². The van der Waals surface area contributed by atoms with Crippen LogP contribution in [-0.2, 0) is 14.8 Å². The molecule has 0 aliphatic carbocycles. The third-order valence-corrected chi connectivity index (χ3v) is 3.95. The van der Waals surface area contributed by atoms with Crippen molar-refractivity contribution in [3.8, 4) is 0 Å². The van der Waals surface area contributed by atoms with E-state index in [1.165, 1.54) is 0 Å². The molecular formula is C12H17FN2O5S. The molecule has 0 aliphatic heterocycles. The van der Waals surface area contributed by atoms with E-state index in [0.717, 1.165) is 12.1 Å². The number of hydrogen-bond acceptors (Lipinski definition) is 5. The highest BCUT2D eigenvalue weighted by Gasteiger charge is 2.21. The largest absolute Gasteiger partial charge is 0.379 e. The molecule has 0 aromatic heterocycles. The Bertz CT molecular complexity index is 604. The maximum atomic E-state index is 13.2. The molecule has 0 unspecified atom stereocenters. The van der Waals surface area contributed by atoms with Crippen molar-refractivity contribution in [2.45, 2.75) is 31.3 Å². The van der Waals surface area contributed by atoms with Crippen LogP contribution in [0.3, 0.4) is 0 Å². The van der Waals surface area contributed by atoms with Gasteiger partial charge < -0.3 is 4.74 Å². The second-order valence-electron chi connectivity index (χ2n) is 4.54. The Kier molecular flexibility index (Phi) is 6.19. The Morgan fingerprint density at radius 3 is 2.67 bits per heavy atom. The van der Waals surface area contributed by atoms with Gasteiger partial charge in [0, 0.05) is 19.2 Å². The van der Waals surface area contributed by atoms with E-state index in [9.17, 15) is 22.9 Å². The maximum Gasteiger partial charge on any atom is 0.306 e. The average molecular weight is 320 g/mol. The van der Waals surface area contributed by atoms with Crippen LogP contribution in [0.15, 0.2) is 23.1 Å². The van der Waals surface area contributed by atoms with Crippen LogP contribution < -0.4 is 4.72 Å². The lowest BCUT2D eigenvalue weighted by atomic mass is 10.3. The third-order valence-electron chi connectivity index (χ3n) is 2.49. The Balaban J connectivity index is 2.70. The molecule has 21 heavy (non-hydrogen) atoms. The first-order valence-electron chi connectivity index (χ1n) is 6.29. The second-order valence-corrected chi connectivity index (χ2v) is 6.31. The summed E-state index contributed by atoms with van der Waals surface area (Å²) in [5.41, 5.74) is -0.874. The minimum absolute atomic E-state index is 0.0568. The minimum Gasteiger partial charge on any atom is -0.379 e. The van der Waals surface area contributed by atoms with Crippen LogP contribution in [0.25, 0.3) is 0 Å². The number of nitro groups is 1. The maximum absolute atomic E-state index is 13.2. The van der Waals surface area contributed by atoms with Crippen LogP contribution in [0.5, 0.6) is 0 Å². The highest BCUT2D eigenvalue weighted by molar-refractivity contribution is 7.89. The first-order valence-corrected chi connectivity index (χ1v) is 7.77. The van der Waals surface area contributed by atoms with Gasteiger partial charge in [0.15, 0.2) is 0 Å². The van der Waals surface area contributed by atoms with Gasteiger partial charge in [-0.3, -0.25) is 10.1 Å².